The Hall–Kier alpha value is -2.06. The van der Waals surface area contributed by atoms with Crippen LogP contribution in [0.1, 0.15) is 58.9 Å². The van der Waals surface area contributed by atoms with E-state index in [2.05, 4.69) is 20.6 Å². The summed E-state index contributed by atoms with van der Waals surface area (Å²) >= 11 is 7.73. The summed E-state index contributed by atoms with van der Waals surface area (Å²) in [5.74, 6) is -1.10. The number of nitrogens with one attached hydrogen (secondary N) is 2. The number of rotatable bonds is 8. The minimum atomic E-state index is -4.78. The molecule has 35 heavy (non-hydrogen) atoms. The summed E-state index contributed by atoms with van der Waals surface area (Å²) in [4.78, 5) is 33.5. The number of benzene rings is 1. The van der Waals surface area contributed by atoms with Crippen LogP contribution in [0.15, 0.2) is 0 Å². The van der Waals surface area contributed by atoms with Crippen molar-refractivity contribution < 1.29 is 22.8 Å². The summed E-state index contributed by atoms with van der Waals surface area (Å²) in [7, 11) is 0. The molecule has 0 aliphatic carbocycles. The molecule has 0 radical (unpaired) electrons. The molecule has 3 aromatic rings. The first-order chi connectivity index (χ1) is 16.2. The number of thiazole rings is 2. The maximum Gasteiger partial charge on any atom is 0.419 e. The van der Waals surface area contributed by atoms with Gasteiger partial charge in [-0.1, -0.05) is 62.0 Å². The van der Waals surface area contributed by atoms with Gasteiger partial charge in [0.2, 0.25) is 11.8 Å². The highest BCUT2D eigenvalue weighted by Crippen LogP contribution is 2.49. The lowest BCUT2D eigenvalue weighted by atomic mass is 9.93. The minimum absolute atomic E-state index is 0.0564. The molecule has 0 saturated heterocycles. The van der Waals surface area contributed by atoms with Gasteiger partial charge in [-0.2, -0.15) is 13.2 Å². The van der Waals surface area contributed by atoms with Gasteiger partial charge in [-0.05, 0) is 25.7 Å². The van der Waals surface area contributed by atoms with Crippen LogP contribution in [-0.2, 0) is 15.8 Å². The summed E-state index contributed by atoms with van der Waals surface area (Å²) in [6.45, 7) is 6.97. The van der Waals surface area contributed by atoms with Crippen molar-refractivity contribution in [3.05, 3.63) is 10.6 Å². The summed E-state index contributed by atoms with van der Waals surface area (Å²) in [6.07, 6.45) is -3.43. The number of carbonyl (C=O) groups excluding carboxylic acids is 2. The Balaban J connectivity index is 2.14. The standard InChI is InChI=1S/C21H26ClF3N6O2S2/c1-5-19(26,6-2)15(32)30-17-28-11-10(22)12-14(9(13(11)34-17)21(23,24)25)35-18(29-12)31-16(33)20(27,7-3)8-4/h5-8,26-27H2,1-4H3,(H,28,30,32)(H,29,31,33). The van der Waals surface area contributed by atoms with Crippen molar-refractivity contribution in [2.75, 3.05) is 10.6 Å². The van der Waals surface area contributed by atoms with Gasteiger partial charge < -0.3 is 22.1 Å². The van der Waals surface area contributed by atoms with Crippen LogP contribution in [0.4, 0.5) is 23.4 Å². The predicted molar refractivity (Wildman–Crippen MR) is 135 cm³/mol. The zero-order valence-corrected chi connectivity index (χ0v) is 21.9. The fourth-order valence-electron chi connectivity index (χ4n) is 3.44. The maximum atomic E-state index is 14.2. The number of carbonyl (C=O) groups is 2. The van der Waals surface area contributed by atoms with E-state index in [-0.39, 0.29) is 35.7 Å². The molecule has 0 bridgehead atoms. The molecule has 2 amide bonds. The fourth-order valence-corrected chi connectivity index (χ4v) is 5.97. The molecule has 6 N–H and O–H groups in total. The number of aromatic nitrogens is 2. The number of hydrogen-bond donors (Lipinski definition) is 4. The summed E-state index contributed by atoms with van der Waals surface area (Å²) in [5, 5.41) is 4.81. The zero-order valence-electron chi connectivity index (χ0n) is 19.5. The average molecular weight is 551 g/mol. The molecule has 0 unspecified atom stereocenters. The average Bonchev–Trinajstić information content (AvgIpc) is 3.41. The smallest absolute Gasteiger partial charge is 0.317 e. The van der Waals surface area contributed by atoms with E-state index >= 15 is 0 Å². The van der Waals surface area contributed by atoms with Crippen LogP contribution in [0.5, 0.6) is 0 Å². The second-order valence-corrected chi connectivity index (χ2v) is 10.6. The predicted octanol–water partition coefficient (Wildman–Crippen LogP) is 5.49. The molecule has 0 atom stereocenters. The van der Waals surface area contributed by atoms with Crippen LogP contribution < -0.4 is 22.1 Å². The SMILES string of the molecule is CCC(N)(CC)C(=O)Nc1nc2c(Cl)c3nc(NC(=O)C(N)(CC)CC)sc3c(C(F)(F)F)c2s1. The largest absolute Gasteiger partial charge is 0.419 e. The molecule has 14 heteroatoms. The highest BCUT2D eigenvalue weighted by Gasteiger charge is 2.40. The van der Waals surface area contributed by atoms with Gasteiger partial charge in [0, 0.05) is 0 Å². The first kappa shape index (κ1) is 27.5. The van der Waals surface area contributed by atoms with Gasteiger partial charge in [-0.25, -0.2) is 9.97 Å². The van der Waals surface area contributed by atoms with Gasteiger partial charge >= 0.3 is 6.18 Å². The van der Waals surface area contributed by atoms with E-state index in [1.165, 1.54) is 0 Å². The number of nitrogens with zero attached hydrogens (tertiary/aromatic N) is 2. The van der Waals surface area contributed by atoms with Crippen LogP contribution in [0.25, 0.3) is 20.4 Å². The monoisotopic (exact) mass is 550 g/mol. The van der Waals surface area contributed by atoms with Crippen LogP contribution in [0, 0.1) is 0 Å². The van der Waals surface area contributed by atoms with Crippen molar-refractivity contribution in [1.29, 1.82) is 0 Å². The summed E-state index contributed by atoms with van der Waals surface area (Å²) in [5.41, 5.74) is 8.52. The van der Waals surface area contributed by atoms with Gasteiger partial charge in [0.1, 0.15) is 11.0 Å². The first-order valence-corrected chi connectivity index (χ1v) is 13.0. The van der Waals surface area contributed by atoms with Crippen molar-refractivity contribution >= 4 is 76.8 Å². The number of fused-ring (bicyclic) bond motifs is 2. The molecule has 2 heterocycles. The Morgan fingerprint density at radius 3 is 1.46 bits per heavy atom. The van der Waals surface area contributed by atoms with Crippen LogP contribution in [-0.4, -0.2) is 32.9 Å². The first-order valence-electron chi connectivity index (χ1n) is 10.9. The van der Waals surface area contributed by atoms with Gasteiger partial charge in [-0.15, -0.1) is 0 Å². The third-order valence-corrected chi connectivity index (χ3v) is 8.61. The second-order valence-electron chi connectivity index (χ2n) is 8.21. The number of alkyl halides is 3. The topological polar surface area (TPSA) is 136 Å². The number of hydrogen-bond acceptors (Lipinski definition) is 8. The van der Waals surface area contributed by atoms with Crippen molar-refractivity contribution in [3.8, 4) is 0 Å². The lowest BCUT2D eigenvalue weighted by Crippen LogP contribution is -2.50. The molecular weight excluding hydrogens is 525 g/mol. The molecule has 0 aliphatic rings. The number of anilines is 2. The molecule has 3 rings (SSSR count). The van der Waals surface area contributed by atoms with Crippen molar-refractivity contribution in [3.63, 3.8) is 0 Å². The van der Waals surface area contributed by atoms with E-state index < -0.39 is 34.6 Å². The van der Waals surface area contributed by atoms with Crippen molar-refractivity contribution in [2.45, 2.75) is 70.6 Å². The lowest BCUT2D eigenvalue weighted by molar-refractivity contribution is -0.134. The van der Waals surface area contributed by atoms with Crippen LogP contribution >= 0.6 is 34.3 Å². The van der Waals surface area contributed by atoms with E-state index in [0.29, 0.717) is 48.4 Å². The van der Waals surface area contributed by atoms with Gasteiger partial charge in [0.15, 0.2) is 10.3 Å². The molecule has 8 nitrogen and oxygen atoms in total. The van der Waals surface area contributed by atoms with E-state index in [1.54, 1.807) is 27.7 Å². The van der Waals surface area contributed by atoms with Crippen molar-refractivity contribution in [1.82, 2.24) is 9.97 Å². The molecule has 1 aromatic carbocycles. The number of halogens is 4. The van der Waals surface area contributed by atoms with Crippen LogP contribution in [0.3, 0.4) is 0 Å². The Morgan fingerprint density at radius 1 is 0.829 bits per heavy atom. The Labute approximate surface area is 212 Å². The third-order valence-electron chi connectivity index (χ3n) is 6.28. The third kappa shape index (κ3) is 4.96. The second kappa shape index (κ2) is 9.77. The van der Waals surface area contributed by atoms with E-state index in [1.807, 2.05) is 0 Å². The number of amides is 2. The molecule has 0 fully saturated rings. The number of nitrogens with two attached hydrogens (primary N) is 2. The highest BCUT2D eigenvalue weighted by molar-refractivity contribution is 7.25. The van der Waals surface area contributed by atoms with Crippen LogP contribution in [0.2, 0.25) is 5.02 Å². The van der Waals surface area contributed by atoms with E-state index in [9.17, 15) is 22.8 Å². The Bertz CT molecular complexity index is 1190. The lowest BCUT2D eigenvalue weighted by Gasteiger charge is -2.24. The van der Waals surface area contributed by atoms with E-state index in [4.69, 9.17) is 23.1 Å². The molecular formula is C21H26ClF3N6O2S2. The molecule has 0 spiro atoms. The molecule has 0 saturated carbocycles. The Kier molecular flexibility index (Phi) is 7.68. The maximum absolute atomic E-state index is 14.2. The normalized spacial score (nSPS) is 13.0. The zero-order chi connectivity index (χ0) is 26.3. The fraction of sp³-hybridized carbons (Fsp3) is 0.524. The van der Waals surface area contributed by atoms with Gasteiger partial charge in [0.25, 0.3) is 0 Å². The van der Waals surface area contributed by atoms with Crippen molar-refractivity contribution in [2.24, 2.45) is 11.5 Å². The van der Waals surface area contributed by atoms with E-state index in [0.717, 1.165) is 0 Å². The molecule has 0 aliphatic heterocycles. The minimum Gasteiger partial charge on any atom is -0.317 e. The molecule has 2 aromatic heterocycles. The summed E-state index contributed by atoms with van der Waals surface area (Å²) < 4.78 is 42.2. The summed E-state index contributed by atoms with van der Waals surface area (Å²) in [6, 6.07) is 0. The molecule has 192 valence electrons. The van der Waals surface area contributed by atoms with Gasteiger partial charge in [-0.3, -0.25) is 9.59 Å². The highest BCUT2D eigenvalue weighted by atomic mass is 35.5. The quantitative estimate of drug-likeness (QED) is 0.293. The Morgan fingerprint density at radius 2 is 1.17 bits per heavy atom. The van der Waals surface area contributed by atoms with Gasteiger partial charge in [0.05, 0.1) is 31.1 Å².